The molecule has 0 amide bonds. The normalized spacial score (nSPS) is 10.6. The molecule has 0 atom stereocenters. The van der Waals surface area contributed by atoms with Gasteiger partial charge in [0.15, 0.2) is 0 Å². The van der Waals surface area contributed by atoms with Crippen molar-refractivity contribution in [3.8, 4) is 40.2 Å². The van der Waals surface area contributed by atoms with E-state index in [9.17, 15) is 9.18 Å². The van der Waals surface area contributed by atoms with Gasteiger partial charge >= 0.3 is 5.97 Å². The van der Waals surface area contributed by atoms with Crippen LogP contribution in [0.1, 0.15) is 35.6 Å². The molecule has 0 saturated carbocycles. The summed E-state index contributed by atoms with van der Waals surface area (Å²) in [6.07, 6.45) is 5.30. The van der Waals surface area contributed by atoms with Crippen molar-refractivity contribution in [2.24, 2.45) is 0 Å². The van der Waals surface area contributed by atoms with Crippen LogP contribution in [0, 0.1) is 17.7 Å². The van der Waals surface area contributed by atoms with Crippen molar-refractivity contribution in [3.05, 3.63) is 119 Å². The third kappa shape index (κ3) is 8.02. The highest BCUT2D eigenvalue weighted by atomic mass is 19.1. The first kappa shape index (κ1) is 30.0. The minimum Gasteiger partial charge on any atom is -0.495 e. The smallest absolute Gasteiger partial charge is 0.384 e. The van der Waals surface area contributed by atoms with Gasteiger partial charge in [0.2, 0.25) is 0 Å². The van der Waals surface area contributed by atoms with Crippen molar-refractivity contribution in [1.29, 1.82) is 0 Å². The maximum Gasteiger partial charge on any atom is 0.384 e. The molecule has 42 heavy (non-hydrogen) atoms. The van der Waals surface area contributed by atoms with Crippen LogP contribution in [0.5, 0.6) is 17.2 Å². The van der Waals surface area contributed by atoms with Gasteiger partial charge in [0.25, 0.3) is 0 Å². The molecule has 4 rings (SSSR count). The largest absolute Gasteiger partial charge is 0.495 e. The molecular weight excluding hydrogens is 531 g/mol. The Hall–Kier alpha value is -5.02. The number of carbonyl (C=O) groups excluding carboxylic acids is 1. The van der Waals surface area contributed by atoms with E-state index in [0.717, 1.165) is 40.0 Å². The minimum absolute atomic E-state index is 0.286. The molecule has 0 radical (unpaired) electrons. The zero-order valence-corrected chi connectivity index (χ0v) is 24.0. The van der Waals surface area contributed by atoms with Gasteiger partial charge in [0.05, 0.1) is 26.4 Å². The summed E-state index contributed by atoms with van der Waals surface area (Å²) in [5.74, 6) is 6.39. The van der Waals surface area contributed by atoms with Crippen molar-refractivity contribution >= 4 is 12.0 Å². The Kier molecular flexibility index (Phi) is 10.8. The summed E-state index contributed by atoms with van der Waals surface area (Å²) in [7, 11) is 2.85. The fraction of sp³-hybridized carbons (Fsp3) is 0.194. The van der Waals surface area contributed by atoms with Crippen LogP contribution in [0.25, 0.3) is 17.2 Å². The summed E-state index contributed by atoms with van der Waals surface area (Å²) in [6.45, 7) is 2.90. The van der Waals surface area contributed by atoms with Crippen molar-refractivity contribution in [3.63, 3.8) is 0 Å². The average molecular weight is 565 g/mol. The number of methoxy groups -OCH3 is 2. The molecule has 6 heteroatoms. The molecule has 0 aliphatic rings. The number of benzene rings is 4. The highest BCUT2D eigenvalue weighted by molar-refractivity contribution is 5.89. The Morgan fingerprint density at radius 3 is 2.38 bits per heavy atom. The van der Waals surface area contributed by atoms with Crippen LogP contribution in [0.15, 0.2) is 91.0 Å². The highest BCUT2D eigenvalue weighted by Crippen LogP contribution is 2.37. The zero-order valence-electron chi connectivity index (χ0n) is 24.0. The predicted octanol–water partition coefficient (Wildman–Crippen LogP) is 7.65. The first-order valence-corrected chi connectivity index (χ1v) is 13.7. The Morgan fingerprint density at radius 2 is 1.67 bits per heavy atom. The van der Waals surface area contributed by atoms with Crippen molar-refractivity contribution in [2.75, 3.05) is 20.8 Å². The maximum atomic E-state index is 13.6. The Morgan fingerprint density at radius 1 is 0.881 bits per heavy atom. The van der Waals surface area contributed by atoms with E-state index in [-0.39, 0.29) is 5.82 Å². The molecule has 0 N–H and O–H groups in total. The Balaban J connectivity index is 1.52. The van der Waals surface area contributed by atoms with E-state index in [2.05, 4.69) is 29.6 Å². The standard InChI is InChI=1S/C36H33FO5/c1-4-27-23-32(29-16-18-30(37)19-17-29)35(42-25-26-11-6-5-7-12-26)24-34(27)41-22-9-8-13-28-14-10-15-33(39-2)31(28)20-21-36(38)40-3/h5-8,10-19,23-24H,4,9,22,25H2,1-3H3. The fourth-order valence-electron chi connectivity index (χ4n) is 4.33. The molecule has 4 aromatic rings. The molecule has 0 unspecified atom stereocenters. The second-order valence-corrected chi connectivity index (χ2v) is 9.30. The molecule has 0 spiro atoms. The third-order valence-corrected chi connectivity index (χ3v) is 6.53. The molecule has 0 aromatic heterocycles. The molecule has 0 fully saturated rings. The van der Waals surface area contributed by atoms with Crippen molar-refractivity contribution in [2.45, 2.75) is 26.4 Å². The molecule has 214 valence electrons. The van der Waals surface area contributed by atoms with Crippen LogP contribution < -0.4 is 14.2 Å². The van der Waals surface area contributed by atoms with Gasteiger partial charge < -0.3 is 18.9 Å². The van der Waals surface area contributed by atoms with E-state index in [1.807, 2.05) is 60.7 Å². The van der Waals surface area contributed by atoms with E-state index < -0.39 is 5.97 Å². The lowest BCUT2D eigenvalue weighted by atomic mass is 9.99. The van der Waals surface area contributed by atoms with Crippen molar-refractivity contribution < 1.29 is 28.1 Å². The van der Waals surface area contributed by atoms with Crippen LogP contribution in [0.3, 0.4) is 0 Å². The second-order valence-electron chi connectivity index (χ2n) is 9.30. The molecular formula is C36H33FO5. The lowest BCUT2D eigenvalue weighted by Gasteiger charge is -2.17. The van der Waals surface area contributed by atoms with Crippen LogP contribution in [-0.2, 0) is 22.6 Å². The third-order valence-electron chi connectivity index (χ3n) is 6.53. The first-order valence-electron chi connectivity index (χ1n) is 13.7. The number of ether oxygens (including phenoxy) is 4. The number of esters is 1. The van der Waals surface area contributed by atoms with Crippen LogP contribution in [0.4, 0.5) is 4.39 Å². The van der Waals surface area contributed by atoms with Gasteiger partial charge in [-0.2, -0.15) is 0 Å². The Bertz CT molecular complexity index is 1580. The number of halogens is 1. The summed E-state index contributed by atoms with van der Waals surface area (Å²) in [6, 6.07) is 25.9. The van der Waals surface area contributed by atoms with Crippen molar-refractivity contribution in [1.82, 2.24) is 0 Å². The maximum absolute atomic E-state index is 13.6. The van der Waals surface area contributed by atoms with Gasteiger partial charge in [-0.05, 0) is 59.4 Å². The molecule has 0 aliphatic heterocycles. The van der Waals surface area contributed by atoms with Gasteiger partial charge in [-0.3, -0.25) is 0 Å². The molecule has 0 heterocycles. The molecule has 4 aromatic carbocycles. The molecule has 0 aliphatic carbocycles. The number of aryl methyl sites for hydroxylation is 1. The van der Waals surface area contributed by atoms with E-state index in [4.69, 9.17) is 14.2 Å². The highest BCUT2D eigenvalue weighted by Gasteiger charge is 2.14. The predicted molar refractivity (Wildman–Crippen MR) is 163 cm³/mol. The van der Waals surface area contributed by atoms with Gasteiger partial charge in [0.1, 0.15) is 29.7 Å². The summed E-state index contributed by atoms with van der Waals surface area (Å²) in [5.41, 5.74) is 5.25. The first-order chi connectivity index (χ1) is 20.5. The zero-order chi connectivity index (χ0) is 29.7. The summed E-state index contributed by atoms with van der Waals surface area (Å²) >= 11 is 0. The van der Waals surface area contributed by atoms with Gasteiger partial charge in [-0.1, -0.05) is 79.6 Å². The van der Waals surface area contributed by atoms with Gasteiger partial charge in [0, 0.05) is 17.6 Å². The lowest BCUT2D eigenvalue weighted by molar-refractivity contribution is -0.133. The number of rotatable bonds is 11. The summed E-state index contributed by atoms with van der Waals surface area (Å²) in [5, 5.41) is 0. The second kappa shape index (κ2) is 15.1. The number of hydrogen-bond acceptors (Lipinski definition) is 5. The SMILES string of the molecule is CCc1cc(-c2ccc(F)cc2)c(OCc2ccccc2)cc1OCCC=Cc1cccc(OC)c1C#CC(=O)OC. The summed E-state index contributed by atoms with van der Waals surface area (Å²) in [4.78, 5) is 11.5. The van der Waals surface area contributed by atoms with Crippen LogP contribution >= 0.6 is 0 Å². The van der Waals surface area contributed by atoms with Crippen LogP contribution in [0.2, 0.25) is 0 Å². The van der Waals surface area contributed by atoms with E-state index in [0.29, 0.717) is 36.7 Å². The number of carbonyl (C=O) groups is 1. The Labute approximate surface area is 246 Å². The monoisotopic (exact) mass is 564 g/mol. The molecule has 0 bridgehead atoms. The van der Waals surface area contributed by atoms with E-state index in [1.165, 1.54) is 19.2 Å². The lowest BCUT2D eigenvalue weighted by Crippen LogP contribution is -2.02. The summed E-state index contributed by atoms with van der Waals surface area (Å²) < 4.78 is 36.2. The minimum atomic E-state index is -0.617. The molecule has 0 saturated heterocycles. The van der Waals surface area contributed by atoms with E-state index in [1.54, 1.807) is 25.3 Å². The van der Waals surface area contributed by atoms with Gasteiger partial charge in [-0.15, -0.1) is 0 Å². The fourth-order valence-corrected chi connectivity index (χ4v) is 4.33. The van der Waals surface area contributed by atoms with E-state index >= 15 is 0 Å². The number of hydrogen-bond donors (Lipinski definition) is 0. The van der Waals surface area contributed by atoms with Crippen LogP contribution in [-0.4, -0.2) is 26.8 Å². The topological polar surface area (TPSA) is 54.0 Å². The molecule has 5 nitrogen and oxygen atoms in total. The average Bonchev–Trinajstić information content (AvgIpc) is 3.03. The van der Waals surface area contributed by atoms with Gasteiger partial charge in [-0.25, -0.2) is 9.18 Å². The quantitative estimate of drug-likeness (QED) is 0.106.